The molecule has 1 aliphatic rings. The number of fused-ring (bicyclic) bond motifs is 1. The first-order chi connectivity index (χ1) is 15.9. The molecule has 9 heteroatoms. The van der Waals surface area contributed by atoms with Crippen LogP contribution in [0, 0.1) is 5.92 Å². The van der Waals surface area contributed by atoms with E-state index in [9.17, 15) is 19.5 Å². The van der Waals surface area contributed by atoms with Crippen molar-refractivity contribution in [1.82, 2.24) is 20.1 Å². The molecule has 1 fully saturated rings. The molecule has 2 aromatic rings. The van der Waals surface area contributed by atoms with Gasteiger partial charge in [-0.15, -0.1) is 0 Å². The van der Waals surface area contributed by atoms with E-state index in [-0.39, 0.29) is 23.4 Å². The fourth-order valence-electron chi connectivity index (χ4n) is 4.70. The third-order valence-corrected chi connectivity index (χ3v) is 6.74. The standard InChI is InChI=1S/C25H33ClN4O4/c1-6-29(5)23(32)16-8-10-19(21(13-16)30(24(33)34)25(2,3)4)28-22(31)20-12-15-7-9-18(26)11-17(15)14-27-20/h7,9,11-12,14,16,19,21H,6,8,10,13H2,1-5H3,(H,28,31)(H,33,34)/t16-,19-,21+/m0/s1. The first-order valence-corrected chi connectivity index (χ1v) is 11.9. The number of carboxylic acid groups (broad SMARTS) is 1. The quantitative estimate of drug-likeness (QED) is 0.648. The van der Waals surface area contributed by atoms with Gasteiger partial charge in [0, 0.05) is 47.7 Å². The van der Waals surface area contributed by atoms with Crippen LogP contribution < -0.4 is 5.32 Å². The van der Waals surface area contributed by atoms with Crippen LogP contribution in [0.3, 0.4) is 0 Å². The Labute approximate surface area is 205 Å². The molecular formula is C25H33ClN4O4. The van der Waals surface area contributed by atoms with Crippen LogP contribution in [-0.2, 0) is 4.79 Å². The predicted molar refractivity (Wildman–Crippen MR) is 132 cm³/mol. The van der Waals surface area contributed by atoms with E-state index in [4.69, 9.17) is 11.6 Å². The van der Waals surface area contributed by atoms with Gasteiger partial charge in [0.2, 0.25) is 5.91 Å². The van der Waals surface area contributed by atoms with Crippen molar-refractivity contribution in [3.8, 4) is 0 Å². The molecule has 3 amide bonds. The fourth-order valence-corrected chi connectivity index (χ4v) is 4.88. The van der Waals surface area contributed by atoms with Crippen LogP contribution in [0.2, 0.25) is 5.02 Å². The molecule has 3 atom stereocenters. The van der Waals surface area contributed by atoms with Crippen LogP contribution in [0.5, 0.6) is 0 Å². The number of carbonyl (C=O) groups excluding carboxylic acids is 2. The van der Waals surface area contributed by atoms with Gasteiger partial charge in [-0.1, -0.05) is 17.7 Å². The molecule has 1 aromatic heterocycles. The van der Waals surface area contributed by atoms with Gasteiger partial charge in [0.25, 0.3) is 5.91 Å². The lowest BCUT2D eigenvalue weighted by Gasteiger charge is -2.47. The highest BCUT2D eigenvalue weighted by molar-refractivity contribution is 6.31. The van der Waals surface area contributed by atoms with Gasteiger partial charge >= 0.3 is 6.09 Å². The van der Waals surface area contributed by atoms with E-state index in [1.54, 1.807) is 36.3 Å². The molecule has 0 unspecified atom stereocenters. The molecule has 0 spiro atoms. The topological polar surface area (TPSA) is 103 Å². The van der Waals surface area contributed by atoms with Gasteiger partial charge in [-0.2, -0.15) is 0 Å². The van der Waals surface area contributed by atoms with Crippen molar-refractivity contribution in [2.75, 3.05) is 13.6 Å². The molecule has 184 valence electrons. The summed E-state index contributed by atoms with van der Waals surface area (Å²) in [5, 5.41) is 15.3. The molecule has 1 saturated carbocycles. The summed E-state index contributed by atoms with van der Waals surface area (Å²) in [4.78, 5) is 45.6. The molecule has 34 heavy (non-hydrogen) atoms. The number of nitrogens with zero attached hydrogens (tertiary/aromatic N) is 3. The van der Waals surface area contributed by atoms with Gasteiger partial charge in [-0.3, -0.25) is 19.5 Å². The van der Waals surface area contributed by atoms with E-state index in [0.29, 0.717) is 30.8 Å². The van der Waals surface area contributed by atoms with Gasteiger partial charge < -0.3 is 15.3 Å². The Kier molecular flexibility index (Phi) is 7.70. The number of benzene rings is 1. The minimum atomic E-state index is -1.07. The third kappa shape index (κ3) is 5.60. The number of rotatable bonds is 5. The van der Waals surface area contributed by atoms with E-state index in [1.165, 1.54) is 4.90 Å². The van der Waals surface area contributed by atoms with Gasteiger partial charge in [-0.25, -0.2) is 4.79 Å². The average molecular weight is 489 g/mol. The SMILES string of the molecule is CCN(C)C(=O)[C@H]1CC[C@H](NC(=O)c2cc3ccc(Cl)cc3cn2)[C@H](N(C(=O)O)C(C)(C)C)C1. The van der Waals surface area contributed by atoms with E-state index >= 15 is 0 Å². The fraction of sp³-hybridized carbons (Fsp3) is 0.520. The zero-order valence-electron chi connectivity index (χ0n) is 20.3. The zero-order valence-corrected chi connectivity index (χ0v) is 21.1. The van der Waals surface area contributed by atoms with Crippen molar-refractivity contribution >= 4 is 40.3 Å². The normalized spacial score (nSPS) is 20.6. The van der Waals surface area contributed by atoms with E-state index in [2.05, 4.69) is 10.3 Å². The number of pyridine rings is 1. The Morgan fingerprint density at radius 3 is 2.50 bits per heavy atom. The van der Waals surface area contributed by atoms with Crippen LogP contribution in [0.4, 0.5) is 4.79 Å². The van der Waals surface area contributed by atoms with Crippen molar-refractivity contribution in [1.29, 1.82) is 0 Å². The lowest BCUT2D eigenvalue weighted by molar-refractivity contribution is -0.136. The molecule has 3 rings (SSSR count). The highest BCUT2D eigenvalue weighted by Crippen LogP contribution is 2.33. The van der Waals surface area contributed by atoms with E-state index in [0.717, 1.165) is 10.8 Å². The summed E-state index contributed by atoms with van der Waals surface area (Å²) >= 11 is 6.03. The number of aromatic nitrogens is 1. The smallest absolute Gasteiger partial charge is 0.408 e. The number of hydrogen-bond donors (Lipinski definition) is 2. The van der Waals surface area contributed by atoms with E-state index < -0.39 is 23.7 Å². The maximum atomic E-state index is 13.1. The van der Waals surface area contributed by atoms with Crippen molar-refractivity contribution < 1.29 is 19.5 Å². The van der Waals surface area contributed by atoms with Gasteiger partial charge in [0.15, 0.2) is 0 Å². The molecule has 0 radical (unpaired) electrons. The summed E-state index contributed by atoms with van der Waals surface area (Å²) in [7, 11) is 1.75. The second kappa shape index (κ2) is 10.2. The van der Waals surface area contributed by atoms with Gasteiger partial charge in [0.05, 0.1) is 6.04 Å². The Hall–Kier alpha value is -2.87. The van der Waals surface area contributed by atoms with Gasteiger partial charge in [0.1, 0.15) is 5.69 Å². The summed E-state index contributed by atoms with van der Waals surface area (Å²) in [5.74, 6) is -0.663. The van der Waals surface area contributed by atoms with Crippen molar-refractivity contribution in [3.63, 3.8) is 0 Å². The van der Waals surface area contributed by atoms with Crippen LogP contribution in [0.1, 0.15) is 57.4 Å². The number of nitrogens with one attached hydrogen (secondary N) is 1. The van der Waals surface area contributed by atoms with E-state index in [1.807, 2.05) is 33.8 Å². The molecule has 8 nitrogen and oxygen atoms in total. The van der Waals surface area contributed by atoms with Crippen molar-refractivity contribution in [2.24, 2.45) is 5.92 Å². The molecule has 0 saturated heterocycles. The maximum absolute atomic E-state index is 13.1. The summed E-state index contributed by atoms with van der Waals surface area (Å²) in [6, 6.07) is 6.06. The molecule has 1 aliphatic carbocycles. The highest BCUT2D eigenvalue weighted by Gasteiger charge is 2.44. The third-order valence-electron chi connectivity index (χ3n) is 6.51. The van der Waals surface area contributed by atoms with Crippen LogP contribution in [0.15, 0.2) is 30.5 Å². The first kappa shape index (κ1) is 25.7. The summed E-state index contributed by atoms with van der Waals surface area (Å²) in [5.41, 5.74) is -0.461. The monoisotopic (exact) mass is 488 g/mol. The second-order valence-corrected chi connectivity index (χ2v) is 10.3. The number of amides is 3. The van der Waals surface area contributed by atoms with Crippen LogP contribution >= 0.6 is 11.6 Å². The predicted octanol–water partition coefficient (Wildman–Crippen LogP) is 4.41. The number of hydrogen-bond acceptors (Lipinski definition) is 4. The average Bonchev–Trinajstić information content (AvgIpc) is 2.77. The summed E-state index contributed by atoms with van der Waals surface area (Å²) < 4.78 is 0. The molecule has 0 aliphatic heterocycles. The lowest BCUT2D eigenvalue weighted by Crippen LogP contribution is -2.62. The minimum Gasteiger partial charge on any atom is -0.465 e. The van der Waals surface area contributed by atoms with Crippen molar-refractivity contribution in [2.45, 2.75) is 64.6 Å². The zero-order chi connectivity index (χ0) is 25.2. The Morgan fingerprint density at radius 1 is 1.18 bits per heavy atom. The van der Waals surface area contributed by atoms with Gasteiger partial charge in [-0.05, 0) is 70.5 Å². The van der Waals surface area contributed by atoms with Crippen molar-refractivity contribution in [3.05, 3.63) is 41.2 Å². The molecule has 1 heterocycles. The Morgan fingerprint density at radius 2 is 1.88 bits per heavy atom. The summed E-state index contributed by atoms with van der Waals surface area (Å²) in [6.45, 7) is 7.95. The maximum Gasteiger partial charge on any atom is 0.408 e. The Bertz CT molecular complexity index is 1080. The number of carbonyl (C=O) groups is 3. The number of halogens is 1. The first-order valence-electron chi connectivity index (χ1n) is 11.6. The molecule has 1 aromatic carbocycles. The second-order valence-electron chi connectivity index (χ2n) is 9.89. The summed E-state index contributed by atoms with van der Waals surface area (Å²) in [6.07, 6.45) is 1.94. The molecule has 0 bridgehead atoms. The highest BCUT2D eigenvalue weighted by atomic mass is 35.5. The van der Waals surface area contributed by atoms with Crippen LogP contribution in [0.25, 0.3) is 10.8 Å². The molecular weight excluding hydrogens is 456 g/mol. The van der Waals surface area contributed by atoms with Crippen LogP contribution in [-0.4, -0.2) is 69.0 Å². The lowest BCUT2D eigenvalue weighted by atomic mass is 9.79. The Balaban J connectivity index is 1.88. The molecule has 2 N–H and O–H groups in total. The largest absolute Gasteiger partial charge is 0.465 e. The minimum absolute atomic E-state index is 0.00591.